The molecule has 0 saturated heterocycles. The van der Waals surface area contributed by atoms with Gasteiger partial charge < -0.3 is 14.8 Å². The molecule has 1 unspecified atom stereocenters. The standard InChI is InChI=1S/C8H15NO3S/c1-8(2,3)12-7(11)9-6(4-10)5-13/h4,6,13H,5H2,1-3H3,(H,9,11). The van der Waals surface area contributed by atoms with E-state index in [9.17, 15) is 9.59 Å². The van der Waals surface area contributed by atoms with Crippen LogP contribution in [0.15, 0.2) is 0 Å². The summed E-state index contributed by atoms with van der Waals surface area (Å²) in [5.41, 5.74) is -0.548. The van der Waals surface area contributed by atoms with Crippen LogP contribution in [0, 0.1) is 0 Å². The Hall–Kier alpha value is -0.710. The molecule has 13 heavy (non-hydrogen) atoms. The van der Waals surface area contributed by atoms with Crippen molar-refractivity contribution in [3.8, 4) is 0 Å². The largest absolute Gasteiger partial charge is 0.444 e. The molecular formula is C8H15NO3S. The second-order valence-corrected chi connectivity index (χ2v) is 3.94. The topological polar surface area (TPSA) is 55.4 Å². The molecule has 5 heteroatoms. The molecule has 0 bridgehead atoms. The molecule has 0 heterocycles. The predicted molar refractivity (Wildman–Crippen MR) is 53.1 cm³/mol. The molecule has 0 saturated carbocycles. The minimum Gasteiger partial charge on any atom is -0.444 e. The van der Waals surface area contributed by atoms with Gasteiger partial charge in [-0.25, -0.2) is 4.79 Å². The van der Waals surface area contributed by atoms with E-state index in [0.717, 1.165) is 0 Å². The van der Waals surface area contributed by atoms with Crippen molar-refractivity contribution < 1.29 is 14.3 Å². The van der Waals surface area contributed by atoms with Crippen molar-refractivity contribution >= 4 is 25.0 Å². The van der Waals surface area contributed by atoms with Gasteiger partial charge in [-0.1, -0.05) is 0 Å². The van der Waals surface area contributed by atoms with E-state index in [1.54, 1.807) is 20.8 Å². The number of ether oxygens (including phenoxy) is 1. The fraction of sp³-hybridized carbons (Fsp3) is 0.750. The molecule has 76 valence electrons. The van der Waals surface area contributed by atoms with Gasteiger partial charge in [0.25, 0.3) is 0 Å². The van der Waals surface area contributed by atoms with Gasteiger partial charge in [0.05, 0.1) is 6.04 Å². The van der Waals surface area contributed by atoms with Crippen molar-refractivity contribution in [3.63, 3.8) is 0 Å². The molecule has 0 aromatic carbocycles. The van der Waals surface area contributed by atoms with E-state index in [2.05, 4.69) is 17.9 Å². The number of rotatable bonds is 3. The smallest absolute Gasteiger partial charge is 0.408 e. The van der Waals surface area contributed by atoms with Crippen LogP contribution >= 0.6 is 12.6 Å². The Morgan fingerprint density at radius 2 is 2.15 bits per heavy atom. The summed E-state index contributed by atoms with van der Waals surface area (Å²) >= 11 is 3.88. The van der Waals surface area contributed by atoms with Gasteiger partial charge in [-0.3, -0.25) is 0 Å². The summed E-state index contributed by atoms with van der Waals surface area (Å²) < 4.78 is 4.93. The number of thiol groups is 1. The second kappa shape index (κ2) is 5.11. The van der Waals surface area contributed by atoms with Gasteiger partial charge in [-0.2, -0.15) is 12.6 Å². The van der Waals surface area contributed by atoms with Crippen LogP contribution < -0.4 is 5.32 Å². The lowest BCUT2D eigenvalue weighted by molar-refractivity contribution is -0.109. The molecule has 0 rings (SSSR count). The lowest BCUT2D eigenvalue weighted by Gasteiger charge is -2.20. The summed E-state index contributed by atoms with van der Waals surface area (Å²) in [6.45, 7) is 5.26. The first-order chi connectivity index (χ1) is 5.89. The molecule has 0 aromatic rings. The van der Waals surface area contributed by atoms with Crippen LogP contribution in [0.2, 0.25) is 0 Å². The van der Waals surface area contributed by atoms with Gasteiger partial charge in [-0.15, -0.1) is 0 Å². The Morgan fingerprint density at radius 1 is 1.62 bits per heavy atom. The second-order valence-electron chi connectivity index (χ2n) is 3.57. The maximum atomic E-state index is 11.1. The lowest BCUT2D eigenvalue weighted by Crippen LogP contribution is -2.40. The Labute approximate surface area is 83.4 Å². The number of carbonyl (C=O) groups is 2. The average Bonchev–Trinajstić information content (AvgIpc) is 1.96. The van der Waals surface area contributed by atoms with E-state index in [1.807, 2.05) is 0 Å². The van der Waals surface area contributed by atoms with E-state index in [4.69, 9.17) is 4.74 Å². The third kappa shape index (κ3) is 6.45. The summed E-state index contributed by atoms with van der Waals surface area (Å²) in [4.78, 5) is 21.4. The number of aldehydes is 1. The molecule has 0 radical (unpaired) electrons. The zero-order valence-electron chi connectivity index (χ0n) is 8.03. The SMILES string of the molecule is CC(C)(C)OC(=O)NC(C=O)CS. The number of hydrogen-bond acceptors (Lipinski definition) is 4. The highest BCUT2D eigenvalue weighted by Gasteiger charge is 2.18. The molecule has 0 spiro atoms. The van der Waals surface area contributed by atoms with Crippen molar-refractivity contribution in [2.75, 3.05) is 5.75 Å². The highest BCUT2D eigenvalue weighted by Crippen LogP contribution is 2.06. The van der Waals surface area contributed by atoms with Crippen LogP contribution in [0.3, 0.4) is 0 Å². The first kappa shape index (κ1) is 12.3. The Morgan fingerprint density at radius 3 is 2.46 bits per heavy atom. The fourth-order valence-electron chi connectivity index (χ4n) is 0.582. The molecule has 4 nitrogen and oxygen atoms in total. The first-order valence-corrected chi connectivity index (χ1v) is 4.58. The van der Waals surface area contributed by atoms with Crippen molar-refractivity contribution in [2.45, 2.75) is 32.4 Å². The number of nitrogens with one attached hydrogen (secondary N) is 1. The molecular weight excluding hydrogens is 190 g/mol. The molecule has 0 aliphatic rings. The van der Waals surface area contributed by atoms with Gasteiger partial charge in [0.15, 0.2) is 0 Å². The number of alkyl carbamates (subject to hydrolysis) is 1. The van der Waals surface area contributed by atoms with Gasteiger partial charge in [0.2, 0.25) is 0 Å². The van der Waals surface area contributed by atoms with E-state index < -0.39 is 17.7 Å². The first-order valence-electron chi connectivity index (χ1n) is 3.94. The molecule has 1 atom stereocenters. The van der Waals surface area contributed by atoms with Crippen LogP contribution in [-0.2, 0) is 9.53 Å². The highest BCUT2D eigenvalue weighted by molar-refractivity contribution is 7.80. The maximum Gasteiger partial charge on any atom is 0.408 e. The third-order valence-corrected chi connectivity index (χ3v) is 1.46. The lowest BCUT2D eigenvalue weighted by atomic mass is 10.2. The zero-order valence-corrected chi connectivity index (χ0v) is 8.93. The summed E-state index contributed by atoms with van der Waals surface area (Å²) in [7, 11) is 0. The van der Waals surface area contributed by atoms with Crippen LogP contribution in [0.4, 0.5) is 4.79 Å². The predicted octanol–water partition coefficient (Wildman–Crippen LogP) is 1.01. The van der Waals surface area contributed by atoms with E-state index in [-0.39, 0.29) is 5.75 Å². The Balaban J connectivity index is 3.93. The number of hydrogen-bond donors (Lipinski definition) is 2. The summed E-state index contributed by atoms with van der Waals surface area (Å²) in [5, 5.41) is 2.37. The van der Waals surface area contributed by atoms with Gasteiger partial charge >= 0.3 is 6.09 Å². The third-order valence-electron chi connectivity index (χ3n) is 1.06. The molecule has 0 fully saturated rings. The zero-order chi connectivity index (χ0) is 10.5. The van der Waals surface area contributed by atoms with Crippen molar-refractivity contribution in [1.82, 2.24) is 5.32 Å². The molecule has 0 aliphatic carbocycles. The van der Waals surface area contributed by atoms with Crippen LogP contribution in [0.1, 0.15) is 20.8 Å². The molecule has 1 N–H and O–H groups in total. The van der Waals surface area contributed by atoms with Crippen LogP contribution in [0.25, 0.3) is 0 Å². The summed E-state index contributed by atoms with van der Waals surface area (Å²) in [6, 6.07) is -0.585. The van der Waals surface area contributed by atoms with E-state index >= 15 is 0 Å². The minimum absolute atomic E-state index is 0.267. The Kier molecular flexibility index (Phi) is 4.83. The molecule has 0 aliphatic heterocycles. The quantitative estimate of drug-likeness (QED) is 0.534. The Bertz CT molecular complexity index is 188. The average molecular weight is 205 g/mol. The fourth-order valence-corrected chi connectivity index (χ4v) is 0.759. The van der Waals surface area contributed by atoms with Crippen LogP contribution in [0.5, 0.6) is 0 Å². The molecule has 1 amide bonds. The van der Waals surface area contributed by atoms with Gasteiger partial charge in [0, 0.05) is 5.75 Å². The normalized spacial score (nSPS) is 13.2. The van der Waals surface area contributed by atoms with E-state index in [1.165, 1.54) is 0 Å². The van der Waals surface area contributed by atoms with Crippen molar-refractivity contribution in [3.05, 3.63) is 0 Å². The van der Waals surface area contributed by atoms with Gasteiger partial charge in [0.1, 0.15) is 11.9 Å². The van der Waals surface area contributed by atoms with E-state index in [0.29, 0.717) is 6.29 Å². The highest BCUT2D eigenvalue weighted by atomic mass is 32.1. The minimum atomic E-state index is -0.598. The van der Waals surface area contributed by atoms with Crippen molar-refractivity contribution in [2.24, 2.45) is 0 Å². The summed E-state index contributed by atoms with van der Waals surface area (Å²) in [5.74, 6) is 0.267. The number of amides is 1. The summed E-state index contributed by atoms with van der Waals surface area (Å²) in [6.07, 6.45) is 0.0235. The molecule has 0 aromatic heterocycles. The van der Waals surface area contributed by atoms with Gasteiger partial charge in [-0.05, 0) is 20.8 Å². The van der Waals surface area contributed by atoms with Crippen molar-refractivity contribution in [1.29, 1.82) is 0 Å². The number of carbonyl (C=O) groups excluding carboxylic acids is 2. The van der Waals surface area contributed by atoms with Crippen LogP contribution in [-0.4, -0.2) is 29.8 Å². The monoisotopic (exact) mass is 205 g/mol. The maximum absolute atomic E-state index is 11.1.